The van der Waals surface area contributed by atoms with E-state index in [2.05, 4.69) is 0 Å². The van der Waals surface area contributed by atoms with E-state index in [-0.39, 0.29) is 36.0 Å². The first-order valence-electron chi connectivity index (χ1n) is 10.8. The Morgan fingerprint density at radius 3 is 2.38 bits per heavy atom. The molecule has 2 heterocycles. The summed E-state index contributed by atoms with van der Waals surface area (Å²) in [7, 11) is 0. The van der Waals surface area contributed by atoms with Gasteiger partial charge in [-0.25, -0.2) is 0 Å². The summed E-state index contributed by atoms with van der Waals surface area (Å²) >= 11 is 6.00. The number of piperazine rings is 1. The highest BCUT2D eigenvalue weighted by molar-refractivity contribution is 6.30. The largest absolute Gasteiger partial charge is 0.337 e. The normalized spacial score (nSPS) is 19.8. The minimum atomic E-state index is -0.662. The molecule has 0 aliphatic carbocycles. The molecule has 2 atom stereocenters. The Morgan fingerprint density at radius 2 is 1.72 bits per heavy atom. The number of rotatable bonds is 2. The van der Waals surface area contributed by atoms with Gasteiger partial charge in [-0.05, 0) is 40.3 Å². The molecule has 0 saturated carbocycles. The summed E-state index contributed by atoms with van der Waals surface area (Å²) < 4.78 is 0. The van der Waals surface area contributed by atoms with Crippen LogP contribution in [0.1, 0.15) is 36.7 Å². The third kappa shape index (κ3) is 4.17. The minimum Gasteiger partial charge on any atom is -0.337 e. The van der Waals surface area contributed by atoms with E-state index in [4.69, 9.17) is 17.3 Å². The number of amides is 2. The van der Waals surface area contributed by atoms with E-state index in [0.717, 1.165) is 16.7 Å². The van der Waals surface area contributed by atoms with Crippen molar-refractivity contribution < 1.29 is 14.4 Å². The molecule has 0 aromatic heterocycles. The number of hydrogen-bond donors (Lipinski definition) is 1. The number of nitrogens with zero attached hydrogens (tertiary/aromatic N) is 2. The average Bonchev–Trinajstić information content (AvgIpc) is 2.86. The molecule has 0 radical (unpaired) electrons. The van der Waals surface area contributed by atoms with E-state index in [0.29, 0.717) is 23.7 Å². The van der Waals surface area contributed by atoms with Crippen LogP contribution in [0.25, 0.3) is 11.1 Å². The van der Waals surface area contributed by atoms with Gasteiger partial charge in [0, 0.05) is 36.6 Å². The summed E-state index contributed by atoms with van der Waals surface area (Å²) in [6.45, 7) is 6.61. The van der Waals surface area contributed by atoms with Crippen LogP contribution in [0.4, 0.5) is 0 Å². The predicted octanol–water partition coefficient (Wildman–Crippen LogP) is 3.16. The predicted molar refractivity (Wildman–Crippen MR) is 124 cm³/mol. The van der Waals surface area contributed by atoms with Crippen molar-refractivity contribution in [1.82, 2.24) is 9.80 Å². The van der Waals surface area contributed by atoms with Crippen molar-refractivity contribution in [3.63, 3.8) is 0 Å². The van der Waals surface area contributed by atoms with Crippen LogP contribution in [0.3, 0.4) is 0 Å². The molecule has 6 nitrogen and oxygen atoms in total. The number of fused-ring (bicyclic) bond motifs is 2. The van der Waals surface area contributed by atoms with Crippen LogP contribution in [0.5, 0.6) is 0 Å². The van der Waals surface area contributed by atoms with Gasteiger partial charge in [0.05, 0.1) is 6.04 Å². The quantitative estimate of drug-likeness (QED) is 0.757. The van der Waals surface area contributed by atoms with Crippen LogP contribution in [-0.4, -0.2) is 59.1 Å². The Kier molecular flexibility index (Phi) is 5.86. The second-order valence-electron chi connectivity index (χ2n) is 9.66. The van der Waals surface area contributed by atoms with Gasteiger partial charge < -0.3 is 15.5 Å². The highest BCUT2D eigenvalue weighted by Gasteiger charge is 2.42. The topological polar surface area (TPSA) is 83.7 Å². The van der Waals surface area contributed by atoms with Gasteiger partial charge in [0.25, 0.3) is 5.91 Å². The molecule has 1 saturated heterocycles. The summed E-state index contributed by atoms with van der Waals surface area (Å²) in [5.41, 5.74) is 8.89. The third-order valence-electron chi connectivity index (χ3n) is 6.41. The Hall–Kier alpha value is -2.70. The van der Waals surface area contributed by atoms with Crippen molar-refractivity contribution in [2.75, 3.05) is 19.6 Å². The molecule has 7 heteroatoms. The smallest absolute Gasteiger partial charge is 0.254 e. The van der Waals surface area contributed by atoms with Gasteiger partial charge in [-0.2, -0.15) is 0 Å². The number of hydrogen-bond acceptors (Lipinski definition) is 4. The molecule has 2 aliphatic heterocycles. The summed E-state index contributed by atoms with van der Waals surface area (Å²) in [5, 5.41) is 0.645. The number of carbonyl (C=O) groups is 3. The first-order valence-corrected chi connectivity index (χ1v) is 11.2. The molecule has 2 aromatic carbocycles. The molecule has 0 spiro atoms. The third-order valence-corrected chi connectivity index (χ3v) is 6.66. The zero-order valence-corrected chi connectivity index (χ0v) is 19.4. The van der Waals surface area contributed by atoms with Crippen LogP contribution in [-0.2, 0) is 16.0 Å². The number of carbonyl (C=O) groups excluding carboxylic acids is 3. The molecule has 168 valence electrons. The maximum absolute atomic E-state index is 13.4. The monoisotopic (exact) mass is 453 g/mol. The van der Waals surface area contributed by atoms with E-state index < -0.39 is 12.1 Å². The first kappa shape index (κ1) is 22.5. The lowest BCUT2D eigenvalue weighted by Crippen LogP contribution is -2.62. The van der Waals surface area contributed by atoms with Crippen LogP contribution in [0.15, 0.2) is 42.5 Å². The zero-order chi connectivity index (χ0) is 23.2. The highest BCUT2D eigenvalue weighted by Crippen LogP contribution is 2.29. The van der Waals surface area contributed by atoms with E-state index in [9.17, 15) is 14.4 Å². The summed E-state index contributed by atoms with van der Waals surface area (Å²) in [4.78, 5) is 42.7. The van der Waals surface area contributed by atoms with E-state index in [1.54, 1.807) is 9.80 Å². The van der Waals surface area contributed by atoms with Crippen molar-refractivity contribution in [3.05, 3.63) is 58.6 Å². The van der Waals surface area contributed by atoms with Crippen LogP contribution >= 0.6 is 11.6 Å². The van der Waals surface area contributed by atoms with Gasteiger partial charge >= 0.3 is 0 Å². The van der Waals surface area contributed by atoms with E-state index in [1.165, 1.54) is 0 Å². The molecule has 2 aliphatic rings. The van der Waals surface area contributed by atoms with E-state index in [1.807, 2.05) is 63.2 Å². The SMILES string of the molecule is CC(C)(C)[C@H](N)C(=O)N1CCN2C(=O)c3cc(-c4ccc(Cl)cc4)ccc3CC(=O)C2C1. The lowest BCUT2D eigenvalue weighted by atomic mass is 9.86. The molecule has 4 rings (SSSR count). The molecule has 2 N–H and O–H groups in total. The van der Waals surface area contributed by atoms with Crippen molar-refractivity contribution in [2.45, 2.75) is 39.3 Å². The number of ketones is 1. The summed E-state index contributed by atoms with van der Waals surface area (Å²) in [6, 6.07) is 11.7. The van der Waals surface area contributed by atoms with Crippen LogP contribution in [0, 0.1) is 5.41 Å². The Morgan fingerprint density at radius 1 is 1.06 bits per heavy atom. The van der Waals surface area contributed by atoms with Crippen LogP contribution < -0.4 is 5.73 Å². The summed E-state index contributed by atoms with van der Waals surface area (Å²) in [6.07, 6.45) is 0.163. The molecule has 2 aromatic rings. The van der Waals surface area contributed by atoms with Crippen molar-refractivity contribution in [1.29, 1.82) is 0 Å². The number of Topliss-reactive ketones (excluding diaryl/α,β-unsaturated/α-hetero) is 1. The van der Waals surface area contributed by atoms with Gasteiger partial charge in [-0.1, -0.05) is 56.6 Å². The Labute approximate surface area is 193 Å². The standard InChI is InChI=1S/C25H28ClN3O3/c1-25(2,3)22(27)24(32)28-10-11-29-20(14-28)21(30)13-17-5-4-16(12-19(17)23(29)31)15-6-8-18(26)9-7-15/h4-9,12,20,22H,10-11,13-14,27H2,1-3H3/t20?,22-/m1/s1. The van der Waals surface area contributed by atoms with E-state index >= 15 is 0 Å². The zero-order valence-electron chi connectivity index (χ0n) is 18.6. The molecule has 1 fully saturated rings. The Balaban J connectivity index is 1.61. The van der Waals surface area contributed by atoms with Crippen molar-refractivity contribution in [2.24, 2.45) is 11.1 Å². The van der Waals surface area contributed by atoms with Crippen molar-refractivity contribution in [3.8, 4) is 11.1 Å². The lowest BCUT2D eigenvalue weighted by molar-refractivity contribution is -0.139. The fourth-order valence-electron chi connectivity index (χ4n) is 4.28. The molecule has 0 bridgehead atoms. The highest BCUT2D eigenvalue weighted by atomic mass is 35.5. The average molecular weight is 454 g/mol. The Bertz CT molecular complexity index is 1070. The van der Waals surface area contributed by atoms with Crippen LogP contribution in [0.2, 0.25) is 5.02 Å². The lowest BCUT2D eigenvalue weighted by Gasteiger charge is -2.41. The number of benzene rings is 2. The van der Waals surface area contributed by atoms with Gasteiger partial charge in [-0.3, -0.25) is 14.4 Å². The number of halogens is 1. The fourth-order valence-corrected chi connectivity index (χ4v) is 4.41. The second kappa shape index (κ2) is 8.34. The summed E-state index contributed by atoms with van der Waals surface area (Å²) in [5.74, 6) is -0.402. The minimum absolute atomic E-state index is 0.0572. The molecule has 1 unspecified atom stereocenters. The molecule has 2 amide bonds. The first-order chi connectivity index (χ1) is 15.1. The van der Waals surface area contributed by atoms with Gasteiger partial charge in [0.1, 0.15) is 6.04 Å². The van der Waals surface area contributed by atoms with Gasteiger partial charge in [-0.15, -0.1) is 0 Å². The second-order valence-corrected chi connectivity index (χ2v) is 10.1. The maximum atomic E-state index is 13.4. The fraction of sp³-hybridized carbons (Fsp3) is 0.400. The number of nitrogens with two attached hydrogens (primary N) is 1. The van der Waals surface area contributed by atoms with Gasteiger partial charge in [0.2, 0.25) is 5.91 Å². The van der Waals surface area contributed by atoms with Crippen molar-refractivity contribution >= 4 is 29.2 Å². The molecular weight excluding hydrogens is 426 g/mol. The maximum Gasteiger partial charge on any atom is 0.254 e. The van der Waals surface area contributed by atoms with Gasteiger partial charge in [0.15, 0.2) is 5.78 Å². The molecular formula is C25H28ClN3O3. The molecule has 32 heavy (non-hydrogen) atoms.